The SMILES string of the molecule is CC(C)(C)C(C(C)(C)C)[P+](c1ccccc1)(c1ccccc1)c1ccccc1.[Br-]. The molecule has 0 aliphatic carbocycles. The average Bonchev–Trinajstić information content (AvgIpc) is 2.66. The Morgan fingerprint density at radius 1 is 0.483 bits per heavy atom. The van der Waals surface area contributed by atoms with E-state index in [4.69, 9.17) is 0 Å². The van der Waals surface area contributed by atoms with E-state index >= 15 is 0 Å². The van der Waals surface area contributed by atoms with Crippen molar-refractivity contribution in [2.45, 2.75) is 47.2 Å². The Morgan fingerprint density at radius 2 is 0.724 bits per heavy atom. The van der Waals surface area contributed by atoms with Crippen LogP contribution in [0.2, 0.25) is 0 Å². The highest BCUT2D eigenvalue weighted by molar-refractivity contribution is 7.96. The molecule has 0 nitrogen and oxygen atoms in total. The van der Waals surface area contributed by atoms with Gasteiger partial charge in [-0.25, -0.2) is 0 Å². The van der Waals surface area contributed by atoms with Crippen LogP contribution in [0, 0.1) is 10.8 Å². The molecule has 0 radical (unpaired) electrons. The number of halogens is 1. The van der Waals surface area contributed by atoms with Gasteiger partial charge < -0.3 is 17.0 Å². The standard InChI is InChI=1S/C27H34P.BrH/c1-26(2,3)25(27(4,5)6)28(22-16-10-7-11-17-22,23-18-12-8-13-19-23)24-20-14-9-15-21-24;/h7-21,25H,1-6H3;1H/q+1;/p-1. The van der Waals surface area contributed by atoms with Crippen LogP contribution in [0.15, 0.2) is 91.0 Å². The van der Waals surface area contributed by atoms with Crippen LogP contribution in [0.3, 0.4) is 0 Å². The molecule has 0 aliphatic rings. The van der Waals surface area contributed by atoms with Crippen LogP contribution in [0.4, 0.5) is 0 Å². The summed E-state index contributed by atoms with van der Waals surface area (Å²) in [5.74, 6) is 0. The Balaban J connectivity index is 0.00000300. The molecule has 2 heteroatoms. The van der Waals surface area contributed by atoms with E-state index in [2.05, 4.69) is 133 Å². The van der Waals surface area contributed by atoms with Crippen LogP contribution < -0.4 is 32.9 Å². The van der Waals surface area contributed by atoms with E-state index < -0.39 is 7.26 Å². The fourth-order valence-corrected chi connectivity index (χ4v) is 11.4. The van der Waals surface area contributed by atoms with Crippen LogP contribution >= 0.6 is 7.26 Å². The molecule has 154 valence electrons. The van der Waals surface area contributed by atoms with Crippen LogP contribution in [0.5, 0.6) is 0 Å². The molecule has 0 atom stereocenters. The van der Waals surface area contributed by atoms with Gasteiger partial charge in [-0.2, -0.15) is 0 Å². The van der Waals surface area contributed by atoms with E-state index in [0.717, 1.165) is 0 Å². The van der Waals surface area contributed by atoms with Crippen LogP contribution in [-0.4, -0.2) is 5.66 Å². The van der Waals surface area contributed by atoms with Crippen molar-refractivity contribution in [3.05, 3.63) is 91.0 Å². The summed E-state index contributed by atoms with van der Waals surface area (Å²) in [6, 6.07) is 33.8. The van der Waals surface area contributed by atoms with Gasteiger partial charge in [0.25, 0.3) is 0 Å². The predicted molar refractivity (Wildman–Crippen MR) is 128 cm³/mol. The summed E-state index contributed by atoms with van der Waals surface area (Å²) in [6.45, 7) is 14.5. The van der Waals surface area contributed by atoms with Crippen LogP contribution in [0.1, 0.15) is 41.5 Å². The van der Waals surface area contributed by atoms with Crippen molar-refractivity contribution in [2.24, 2.45) is 10.8 Å². The second-order valence-electron chi connectivity index (χ2n) is 9.86. The fraction of sp³-hybridized carbons (Fsp3) is 0.333. The summed E-state index contributed by atoms with van der Waals surface area (Å²) < 4.78 is 0. The van der Waals surface area contributed by atoms with Gasteiger partial charge in [-0.1, -0.05) is 96.1 Å². The van der Waals surface area contributed by atoms with E-state index in [0.29, 0.717) is 5.66 Å². The molecule has 0 saturated heterocycles. The van der Waals surface area contributed by atoms with Crippen molar-refractivity contribution in [1.82, 2.24) is 0 Å². The maximum absolute atomic E-state index is 2.42. The first-order valence-corrected chi connectivity index (χ1v) is 12.1. The molecule has 0 bridgehead atoms. The van der Waals surface area contributed by atoms with Crippen molar-refractivity contribution in [1.29, 1.82) is 0 Å². The zero-order valence-electron chi connectivity index (χ0n) is 18.6. The lowest BCUT2D eigenvalue weighted by molar-refractivity contribution is -0.00000760. The van der Waals surface area contributed by atoms with Crippen molar-refractivity contribution < 1.29 is 17.0 Å². The molecular formula is C27H34BrP. The highest BCUT2D eigenvalue weighted by Gasteiger charge is 2.60. The van der Waals surface area contributed by atoms with E-state index in [1.54, 1.807) is 0 Å². The maximum atomic E-state index is 2.42. The number of benzene rings is 3. The zero-order chi connectivity index (χ0) is 20.4. The third-order valence-electron chi connectivity index (χ3n) is 5.52. The quantitative estimate of drug-likeness (QED) is 0.514. The van der Waals surface area contributed by atoms with Gasteiger partial charge in [-0.15, -0.1) is 0 Å². The molecule has 0 N–H and O–H groups in total. The molecule has 0 amide bonds. The molecule has 0 heterocycles. The molecule has 3 aromatic carbocycles. The van der Waals surface area contributed by atoms with E-state index in [1.165, 1.54) is 15.9 Å². The zero-order valence-corrected chi connectivity index (χ0v) is 21.0. The number of hydrogen-bond donors (Lipinski definition) is 0. The summed E-state index contributed by atoms with van der Waals surface area (Å²) >= 11 is 0. The van der Waals surface area contributed by atoms with Crippen molar-refractivity contribution in [3.8, 4) is 0 Å². The first-order valence-electron chi connectivity index (χ1n) is 10.2. The van der Waals surface area contributed by atoms with Crippen molar-refractivity contribution in [3.63, 3.8) is 0 Å². The van der Waals surface area contributed by atoms with Gasteiger partial charge in [0.2, 0.25) is 0 Å². The van der Waals surface area contributed by atoms with Gasteiger partial charge in [-0.05, 0) is 36.4 Å². The summed E-state index contributed by atoms with van der Waals surface area (Å²) in [5, 5.41) is 4.42. The molecule has 0 spiro atoms. The minimum Gasteiger partial charge on any atom is -1.00 e. The van der Waals surface area contributed by atoms with E-state index in [1.807, 2.05) is 0 Å². The van der Waals surface area contributed by atoms with E-state index in [-0.39, 0.29) is 27.8 Å². The van der Waals surface area contributed by atoms with Crippen molar-refractivity contribution >= 4 is 23.2 Å². The lowest BCUT2D eigenvalue weighted by Gasteiger charge is -2.47. The minimum atomic E-state index is -1.91. The molecule has 0 aromatic heterocycles. The smallest absolute Gasteiger partial charge is 0.116 e. The Kier molecular flexibility index (Phi) is 7.52. The minimum absolute atomic E-state index is 0. The molecule has 0 aliphatic heterocycles. The molecule has 0 saturated carbocycles. The average molecular weight is 469 g/mol. The second-order valence-corrected chi connectivity index (χ2v) is 13.4. The normalized spacial score (nSPS) is 12.5. The Hall–Kier alpha value is -1.43. The van der Waals surface area contributed by atoms with Gasteiger partial charge in [0.15, 0.2) is 0 Å². The topological polar surface area (TPSA) is 0 Å². The van der Waals surface area contributed by atoms with Gasteiger partial charge in [-0.3, -0.25) is 0 Å². The Morgan fingerprint density at radius 3 is 0.931 bits per heavy atom. The first-order chi connectivity index (χ1) is 13.2. The summed E-state index contributed by atoms with van der Waals surface area (Å²) in [6.07, 6.45) is 0. The number of hydrogen-bond acceptors (Lipinski definition) is 0. The van der Waals surface area contributed by atoms with Gasteiger partial charge in [0.05, 0.1) is 5.66 Å². The molecule has 29 heavy (non-hydrogen) atoms. The highest BCUT2D eigenvalue weighted by Crippen LogP contribution is 2.68. The van der Waals surface area contributed by atoms with Gasteiger partial charge in [0, 0.05) is 10.8 Å². The summed E-state index contributed by atoms with van der Waals surface area (Å²) in [7, 11) is -1.91. The molecule has 3 aromatic rings. The lowest BCUT2D eigenvalue weighted by Crippen LogP contribution is -3.00. The molecule has 3 rings (SSSR count). The largest absolute Gasteiger partial charge is 1.00 e. The first kappa shape index (κ1) is 23.8. The summed E-state index contributed by atoms with van der Waals surface area (Å²) in [5.41, 5.74) is 0.779. The monoisotopic (exact) mass is 468 g/mol. The number of rotatable bonds is 4. The highest BCUT2D eigenvalue weighted by atomic mass is 79.9. The second kappa shape index (κ2) is 9.15. The van der Waals surface area contributed by atoms with Gasteiger partial charge >= 0.3 is 0 Å². The fourth-order valence-electron chi connectivity index (χ4n) is 5.34. The summed E-state index contributed by atoms with van der Waals surface area (Å²) in [4.78, 5) is 0. The van der Waals surface area contributed by atoms with E-state index in [9.17, 15) is 0 Å². The third-order valence-corrected chi connectivity index (χ3v) is 11.2. The molecular weight excluding hydrogens is 435 g/mol. The third kappa shape index (κ3) is 4.68. The Bertz CT molecular complexity index is 764. The lowest BCUT2D eigenvalue weighted by atomic mass is 9.77. The maximum Gasteiger partial charge on any atom is 0.116 e. The van der Waals surface area contributed by atoms with Crippen LogP contribution in [-0.2, 0) is 0 Å². The van der Waals surface area contributed by atoms with Crippen LogP contribution in [0.25, 0.3) is 0 Å². The Labute approximate surface area is 188 Å². The molecule has 0 fully saturated rings. The van der Waals surface area contributed by atoms with Crippen molar-refractivity contribution in [2.75, 3.05) is 0 Å². The van der Waals surface area contributed by atoms with Gasteiger partial charge in [0.1, 0.15) is 23.2 Å². The molecule has 0 unspecified atom stereocenters. The predicted octanol–water partition coefficient (Wildman–Crippen LogP) is 3.45.